The minimum absolute atomic E-state index is 0.111. The van der Waals surface area contributed by atoms with Crippen LogP contribution in [0.15, 0.2) is 24.4 Å². The first-order valence-electron chi connectivity index (χ1n) is 6.76. The number of carboxylic acids is 1. The molecular formula is C15H16N2O4. The lowest BCUT2D eigenvalue weighted by atomic mass is 10.1. The van der Waals surface area contributed by atoms with E-state index in [1.165, 1.54) is 4.90 Å². The van der Waals surface area contributed by atoms with Gasteiger partial charge in [0, 0.05) is 30.1 Å². The minimum Gasteiger partial charge on any atom is -0.497 e. The lowest BCUT2D eigenvalue weighted by Crippen LogP contribution is -2.37. The van der Waals surface area contributed by atoms with Gasteiger partial charge < -0.3 is 19.7 Å². The molecular weight excluding hydrogens is 272 g/mol. The highest BCUT2D eigenvalue weighted by Crippen LogP contribution is 2.27. The Balaban J connectivity index is 1.93. The molecule has 1 fully saturated rings. The van der Waals surface area contributed by atoms with Gasteiger partial charge >= 0.3 is 5.97 Å². The molecule has 0 bridgehead atoms. The Morgan fingerprint density at radius 1 is 1.52 bits per heavy atom. The first kappa shape index (κ1) is 13.5. The normalized spacial score (nSPS) is 18.4. The van der Waals surface area contributed by atoms with E-state index in [2.05, 4.69) is 4.98 Å². The zero-order chi connectivity index (χ0) is 15.0. The van der Waals surface area contributed by atoms with Gasteiger partial charge in [-0.25, -0.2) is 4.79 Å². The monoisotopic (exact) mass is 288 g/mol. The number of carboxylic acid groups (broad SMARTS) is 1. The van der Waals surface area contributed by atoms with Gasteiger partial charge in [-0.05, 0) is 30.2 Å². The number of hydrogen-bond donors (Lipinski definition) is 2. The maximum Gasteiger partial charge on any atom is 0.326 e. The number of nitrogens with zero attached hydrogens (tertiary/aromatic N) is 1. The van der Waals surface area contributed by atoms with Crippen LogP contribution < -0.4 is 4.74 Å². The average Bonchev–Trinajstić information content (AvgIpc) is 3.04. The van der Waals surface area contributed by atoms with Gasteiger partial charge in [-0.15, -0.1) is 0 Å². The van der Waals surface area contributed by atoms with E-state index in [0.717, 1.165) is 22.2 Å². The second-order valence-corrected chi connectivity index (χ2v) is 5.14. The number of likely N-dealkylation sites (tertiary alicyclic amines) is 1. The largest absolute Gasteiger partial charge is 0.497 e. The van der Waals surface area contributed by atoms with E-state index in [1.54, 1.807) is 7.11 Å². The van der Waals surface area contributed by atoms with E-state index < -0.39 is 12.0 Å². The predicted molar refractivity (Wildman–Crippen MR) is 76.1 cm³/mol. The number of aliphatic carboxylic acids is 1. The average molecular weight is 288 g/mol. The Labute approximate surface area is 121 Å². The molecule has 2 N–H and O–H groups in total. The van der Waals surface area contributed by atoms with Crippen molar-refractivity contribution in [2.75, 3.05) is 7.11 Å². The van der Waals surface area contributed by atoms with Crippen LogP contribution in [0.25, 0.3) is 10.9 Å². The number of carbonyl (C=O) groups excluding carboxylic acids is 1. The van der Waals surface area contributed by atoms with Crippen molar-refractivity contribution in [2.24, 2.45) is 0 Å². The fourth-order valence-electron chi connectivity index (χ4n) is 2.79. The van der Waals surface area contributed by atoms with Crippen molar-refractivity contribution in [1.29, 1.82) is 0 Å². The third-order valence-electron chi connectivity index (χ3n) is 3.93. The summed E-state index contributed by atoms with van der Waals surface area (Å²) in [6, 6.07) is 4.91. The smallest absolute Gasteiger partial charge is 0.326 e. The molecule has 1 saturated heterocycles. The molecule has 6 nitrogen and oxygen atoms in total. The van der Waals surface area contributed by atoms with Gasteiger partial charge in [-0.1, -0.05) is 0 Å². The summed E-state index contributed by atoms with van der Waals surface area (Å²) in [6.07, 6.45) is 2.48. The van der Waals surface area contributed by atoms with E-state index in [9.17, 15) is 14.7 Å². The summed E-state index contributed by atoms with van der Waals surface area (Å²) in [6.45, 7) is 0.295. The lowest BCUT2D eigenvalue weighted by molar-refractivity contribution is -0.146. The Bertz CT molecular complexity index is 707. The van der Waals surface area contributed by atoms with Crippen LogP contribution in [-0.4, -0.2) is 40.0 Å². The molecule has 2 aromatic rings. The molecule has 1 aliphatic heterocycles. The van der Waals surface area contributed by atoms with Gasteiger partial charge in [0.25, 0.3) is 0 Å². The molecule has 110 valence electrons. The number of hydrogen-bond acceptors (Lipinski definition) is 3. The van der Waals surface area contributed by atoms with Crippen LogP contribution in [0.4, 0.5) is 0 Å². The van der Waals surface area contributed by atoms with Crippen molar-refractivity contribution < 1.29 is 19.4 Å². The maximum absolute atomic E-state index is 11.9. The van der Waals surface area contributed by atoms with Gasteiger partial charge in [0.1, 0.15) is 11.8 Å². The molecule has 0 aliphatic carbocycles. The molecule has 3 rings (SSSR count). The quantitative estimate of drug-likeness (QED) is 0.898. The van der Waals surface area contributed by atoms with Crippen molar-refractivity contribution in [2.45, 2.75) is 25.4 Å². The number of benzene rings is 1. The number of methoxy groups -OCH3 is 1. The van der Waals surface area contributed by atoms with Crippen LogP contribution in [0.5, 0.6) is 5.75 Å². The molecule has 1 unspecified atom stereocenters. The Kier molecular flexibility index (Phi) is 3.29. The number of amides is 1. The summed E-state index contributed by atoms with van der Waals surface area (Å²) in [5.41, 5.74) is 1.83. The second kappa shape index (κ2) is 5.12. The molecule has 0 saturated carbocycles. The number of aromatic nitrogens is 1. The summed E-state index contributed by atoms with van der Waals surface area (Å²) in [5, 5.41) is 10.1. The molecule has 0 radical (unpaired) electrons. The van der Waals surface area contributed by atoms with Crippen molar-refractivity contribution >= 4 is 22.8 Å². The highest BCUT2D eigenvalue weighted by molar-refractivity contribution is 5.89. The fraction of sp³-hybridized carbons (Fsp3) is 0.333. The van der Waals surface area contributed by atoms with E-state index in [0.29, 0.717) is 19.4 Å². The minimum atomic E-state index is -0.946. The number of H-pyrrole nitrogens is 1. The number of ether oxygens (including phenoxy) is 1. The van der Waals surface area contributed by atoms with E-state index in [1.807, 2.05) is 24.4 Å². The number of nitrogens with one attached hydrogen (secondary N) is 1. The lowest BCUT2D eigenvalue weighted by Gasteiger charge is -2.21. The SMILES string of the molecule is COc1ccc2[nH]cc(CN3C(=O)CCC3C(=O)O)c2c1. The van der Waals surface area contributed by atoms with Crippen molar-refractivity contribution in [1.82, 2.24) is 9.88 Å². The highest BCUT2D eigenvalue weighted by atomic mass is 16.5. The molecule has 2 heterocycles. The number of fused-ring (bicyclic) bond motifs is 1. The van der Waals surface area contributed by atoms with Gasteiger partial charge in [0.15, 0.2) is 0 Å². The number of rotatable bonds is 4. The molecule has 0 spiro atoms. The predicted octanol–water partition coefficient (Wildman–Crippen LogP) is 1.75. The Morgan fingerprint density at radius 3 is 3.05 bits per heavy atom. The first-order chi connectivity index (χ1) is 10.1. The van der Waals surface area contributed by atoms with Crippen molar-refractivity contribution in [3.8, 4) is 5.75 Å². The van der Waals surface area contributed by atoms with Crippen LogP contribution in [0.2, 0.25) is 0 Å². The summed E-state index contributed by atoms with van der Waals surface area (Å²) >= 11 is 0. The van der Waals surface area contributed by atoms with Crippen LogP contribution >= 0.6 is 0 Å². The van der Waals surface area contributed by atoms with Crippen LogP contribution in [-0.2, 0) is 16.1 Å². The zero-order valence-corrected chi connectivity index (χ0v) is 11.6. The van der Waals surface area contributed by atoms with Crippen molar-refractivity contribution in [3.05, 3.63) is 30.0 Å². The highest BCUT2D eigenvalue weighted by Gasteiger charge is 2.36. The van der Waals surface area contributed by atoms with Gasteiger partial charge in [0.05, 0.1) is 7.11 Å². The molecule has 1 amide bonds. The number of aromatic amines is 1. The van der Waals surface area contributed by atoms with E-state index in [-0.39, 0.29) is 5.91 Å². The maximum atomic E-state index is 11.9. The molecule has 1 aromatic carbocycles. The van der Waals surface area contributed by atoms with E-state index >= 15 is 0 Å². The summed E-state index contributed by atoms with van der Waals surface area (Å²) < 4.78 is 5.21. The van der Waals surface area contributed by atoms with Crippen molar-refractivity contribution in [3.63, 3.8) is 0 Å². The van der Waals surface area contributed by atoms with Crippen LogP contribution in [0.1, 0.15) is 18.4 Å². The van der Waals surface area contributed by atoms with Gasteiger partial charge in [-0.3, -0.25) is 4.79 Å². The molecule has 21 heavy (non-hydrogen) atoms. The standard InChI is InChI=1S/C15H16N2O4/c1-21-10-2-3-12-11(6-10)9(7-16-12)8-17-13(15(19)20)4-5-14(17)18/h2-3,6-7,13,16H,4-5,8H2,1H3,(H,19,20). The summed E-state index contributed by atoms with van der Waals surface area (Å²) in [5.74, 6) is -0.330. The topological polar surface area (TPSA) is 82.6 Å². The zero-order valence-electron chi connectivity index (χ0n) is 11.6. The third kappa shape index (κ3) is 2.33. The molecule has 1 aromatic heterocycles. The molecule has 1 atom stereocenters. The summed E-state index contributed by atoms with van der Waals surface area (Å²) in [4.78, 5) is 27.7. The third-order valence-corrected chi connectivity index (χ3v) is 3.93. The molecule has 6 heteroatoms. The van der Waals surface area contributed by atoms with Gasteiger partial charge in [0.2, 0.25) is 5.91 Å². The number of carbonyl (C=O) groups is 2. The Hall–Kier alpha value is -2.50. The summed E-state index contributed by atoms with van der Waals surface area (Å²) in [7, 11) is 1.60. The first-order valence-corrected chi connectivity index (χ1v) is 6.76. The second-order valence-electron chi connectivity index (χ2n) is 5.14. The van der Waals surface area contributed by atoms with E-state index in [4.69, 9.17) is 4.74 Å². The van der Waals surface area contributed by atoms with Crippen LogP contribution in [0, 0.1) is 0 Å². The fourth-order valence-corrected chi connectivity index (χ4v) is 2.79. The Morgan fingerprint density at radius 2 is 2.33 bits per heavy atom. The van der Waals surface area contributed by atoms with Gasteiger partial charge in [-0.2, -0.15) is 0 Å². The van der Waals surface area contributed by atoms with Crippen LogP contribution in [0.3, 0.4) is 0 Å². The molecule has 1 aliphatic rings.